The van der Waals surface area contributed by atoms with E-state index in [0.29, 0.717) is 18.0 Å². The predicted octanol–water partition coefficient (Wildman–Crippen LogP) is 3.21. The van der Waals surface area contributed by atoms with Crippen molar-refractivity contribution in [2.45, 2.75) is 32.4 Å². The maximum Gasteiger partial charge on any atom is 0.191 e. The zero-order valence-electron chi connectivity index (χ0n) is 15.4. The maximum absolute atomic E-state index is 6.37. The minimum Gasteiger partial charge on any atom is -0.377 e. The van der Waals surface area contributed by atoms with Crippen LogP contribution in [0.5, 0.6) is 0 Å². The van der Waals surface area contributed by atoms with Crippen LogP contribution in [-0.4, -0.2) is 55.8 Å². The zero-order valence-corrected chi connectivity index (χ0v) is 18.5. The van der Waals surface area contributed by atoms with Gasteiger partial charge in [0.05, 0.1) is 12.1 Å². The minimum atomic E-state index is 0. The second-order valence-electron chi connectivity index (χ2n) is 7.95. The fraction of sp³-hybridized carbons (Fsp3) is 0.632. The highest BCUT2D eigenvalue weighted by Crippen LogP contribution is 2.53. The first-order chi connectivity index (χ1) is 12.0. The summed E-state index contributed by atoms with van der Waals surface area (Å²) in [6.07, 6.45) is 1.47. The Balaban J connectivity index is 0.00000196. The molecule has 2 aliphatic heterocycles. The molecule has 0 radical (unpaired) electrons. The lowest BCUT2D eigenvalue weighted by molar-refractivity contribution is -0.0988. The molecule has 1 saturated carbocycles. The van der Waals surface area contributed by atoms with Crippen molar-refractivity contribution in [2.24, 2.45) is 22.1 Å². The molecule has 3 fully saturated rings. The van der Waals surface area contributed by atoms with Gasteiger partial charge in [0.2, 0.25) is 0 Å². The third kappa shape index (κ3) is 3.52. The first-order valence-corrected chi connectivity index (χ1v) is 9.55. The molecule has 7 heteroatoms. The molecule has 1 aliphatic carbocycles. The van der Waals surface area contributed by atoms with Crippen LogP contribution in [0, 0.1) is 11.3 Å². The summed E-state index contributed by atoms with van der Waals surface area (Å²) in [4.78, 5) is 9.50. The number of piperazine rings is 1. The Morgan fingerprint density at radius 2 is 1.85 bits per heavy atom. The molecular formula is C19H28ClIN4O. The third-order valence-electron chi connectivity index (χ3n) is 6.11. The van der Waals surface area contributed by atoms with Crippen LogP contribution in [-0.2, 0) is 4.74 Å². The Kier molecular flexibility index (Phi) is 5.94. The molecule has 0 amide bonds. The molecule has 5 nitrogen and oxygen atoms in total. The molecule has 0 bridgehead atoms. The quantitative estimate of drug-likeness (QED) is 0.393. The summed E-state index contributed by atoms with van der Waals surface area (Å²) in [6.45, 7) is 9.05. The fourth-order valence-electron chi connectivity index (χ4n) is 4.63. The standard InChI is InChI=1S/C19H27ClN4O.HI/c1-19(2)16(15-7-12-25-17(15)19)22-18(21)24-10-8-23(9-11-24)14-5-3-13(20)4-6-14;/h3-6,15-17H,7-12H2,1-2H3,(H2,21,22);1H. The van der Waals surface area contributed by atoms with Crippen LogP contribution in [0.2, 0.25) is 5.02 Å². The van der Waals surface area contributed by atoms with E-state index >= 15 is 0 Å². The molecule has 3 aliphatic rings. The van der Waals surface area contributed by atoms with E-state index in [0.717, 1.165) is 44.2 Å². The number of ether oxygens (including phenoxy) is 1. The van der Waals surface area contributed by atoms with Crippen LogP contribution in [0.15, 0.2) is 29.3 Å². The van der Waals surface area contributed by atoms with Gasteiger partial charge >= 0.3 is 0 Å². The van der Waals surface area contributed by atoms with Gasteiger partial charge in [-0.2, -0.15) is 0 Å². The van der Waals surface area contributed by atoms with Gasteiger partial charge < -0.3 is 20.3 Å². The summed E-state index contributed by atoms with van der Waals surface area (Å²) in [5.41, 5.74) is 7.67. The fourth-order valence-corrected chi connectivity index (χ4v) is 4.76. The van der Waals surface area contributed by atoms with Gasteiger partial charge in [-0.15, -0.1) is 24.0 Å². The number of benzene rings is 1. The summed E-state index contributed by atoms with van der Waals surface area (Å²) < 4.78 is 5.86. The first-order valence-electron chi connectivity index (χ1n) is 9.17. The van der Waals surface area contributed by atoms with Crippen LogP contribution in [0.3, 0.4) is 0 Å². The molecule has 1 aromatic rings. The van der Waals surface area contributed by atoms with Crippen LogP contribution >= 0.6 is 35.6 Å². The summed E-state index contributed by atoms with van der Waals surface area (Å²) >= 11 is 5.98. The van der Waals surface area contributed by atoms with Crippen LogP contribution in [0.4, 0.5) is 5.69 Å². The molecule has 3 unspecified atom stereocenters. The lowest BCUT2D eigenvalue weighted by Crippen LogP contribution is -2.60. The highest BCUT2D eigenvalue weighted by molar-refractivity contribution is 14.0. The minimum absolute atomic E-state index is 0. The van der Waals surface area contributed by atoms with E-state index < -0.39 is 0 Å². The number of aliphatic imine (C=N–C) groups is 1. The number of hydrogen-bond acceptors (Lipinski definition) is 3. The highest BCUT2D eigenvalue weighted by atomic mass is 127. The Morgan fingerprint density at radius 3 is 2.50 bits per heavy atom. The Hall–Kier alpha value is -0.730. The largest absolute Gasteiger partial charge is 0.377 e. The van der Waals surface area contributed by atoms with Crippen molar-refractivity contribution >= 4 is 47.2 Å². The van der Waals surface area contributed by atoms with Crippen molar-refractivity contribution in [3.05, 3.63) is 29.3 Å². The van der Waals surface area contributed by atoms with E-state index in [9.17, 15) is 0 Å². The van der Waals surface area contributed by atoms with Crippen molar-refractivity contribution in [1.82, 2.24) is 4.90 Å². The smallest absolute Gasteiger partial charge is 0.191 e. The molecule has 26 heavy (non-hydrogen) atoms. The number of guanidine groups is 1. The highest BCUT2D eigenvalue weighted by Gasteiger charge is 2.59. The van der Waals surface area contributed by atoms with Gasteiger partial charge in [0.25, 0.3) is 0 Å². The maximum atomic E-state index is 6.37. The summed E-state index contributed by atoms with van der Waals surface area (Å²) in [5.74, 6) is 1.24. The molecule has 0 spiro atoms. The summed E-state index contributed by atoms with van der Waals surface area (Å²) in [5, 5.41) is 0.774. The number of halogens is 2. The number of nitrogens with zero attached hydrogens (tertiary/aromatic N) is 3. The Morgan fingerprint density at radius 1 is 1.19 bits per heavy atom. The monoisotopic (exact) mass is 490 g/mol. The second kappa shape index (κ2) is 7.72. The van der Waals surface area contributed by atoms with Crippen molar-refractivity contribution in [3.8, 4) is 0 Å². The number of hydrogen-bond donors (Lipinski definition) is 1. The summed E-state index contributed by atoms with van der Waals surface area (Å²) in [6, 6.07) is 8.32. The lowest BCUT2D eigenvalue weighted by Gasteiger charge is -2.52. The van der Waals surface area contributed by atoms with Gasteiger partial charge in [-0.3, -0.25) is 0 Å². The zero-order chi connectivity index (χ0) is 17.6. The molecular weight excluding hydrogens is 463 g/mol. The number of rotatable bonds is 2. The van der Waals surface area contributed by atoms with Crippen molar-refractivity contribution < 1.29 is 4.74 Å². The molecule has 2 saturated heterocycles. The predicted molar refractivity (Wildman–Crippen MR) is 118 cm³/mol. The molecule has 1 aromatic carbocycles. The van der Waals surface area contributed by atoms with E-state index in [2.05, 4.69) is 35.8 Å². The Bertz CT molecular complexity index is 658. The molecule has 2 N–H and O–H groups in total. The molecule has 144 valence electrons. The van der Waals surface area contributed by atoms with Crippen LogP contribution in [0.1, 0.15) is 20.3 Å². The van der Waals surface area contributed by atoms with Gasteiger partial charge in [0.15, 0.2) is 5.96 Å². The lowest BCUT2D eigenvalue weighted by atomic mass is 9.57. The van der Waals surface area contributed by atoms with Crippen molar-refractivity contribution in [1.29, 1.82) is 0 Å². The van der Waals surface area contributed by atoms with Crippen molar-refractivity contribution in [3.63, 3.8) is 0 Å². The number of nitrogens with two attached hydrogens (primary N) is 1. The van der Waals surface area contributed by atoms with E-state index in [4.69, 9.17) is 27.1 Å². The summed E-state index contributed by atoms with van der Waals surface area (Å²) in [7, 11) is 0. The van der Waals surface area contributed by atoms with Gasteiger partial charge in [-0.05, 0) is 30.7 Å². The number of fused-ring (bicyclic) bond motifs is 1. The van der Waals surface area contributed by atoms with E-state index in [1.807, 2.05) is 12.1 Å². The molecule has 2 heterocycles. The van der Waals surface area contributed by atoms with E-state index in [-0.39, 0.29) is 35.4 Å². The van der Waals surface area contributed by atoms with Gasteiger partial charge in [0, 0.05) is 54.8 Å². The average molecular weight is 491 g/mol. The molecule has 0 aromatic heterocycles. The second-order valence-corrected chi connectivity index (χ2v) is 8.38. The number of anilines is 1. The normalized spacial score (nSPS) is 30.4. The van der Waals surface area contributed by atoms with E-state index in [1.54, 1.807) is 0 Å². The Labute approximate surface area is 177 Å². The van der Waals surface area contributed by atoms with Crippen molar-refractivity contribution in [2.75, 3.05) is 37.7 Å². The first kappa shape index (κ1) is 20.0. The molecule has 4 rings (SSSR count). The van der Waals surface area contributed by atoms with E-state index in [1.165, 1.54) is 5.69 Å². The van der Waals surface area contributed by atoms with Gasteiger partial charge in [-0.1, -0.05) is 25.4 Å². The third-order valence-corrected chi connectivity index (χ3v) is 6.36. The van der Waals surface area contributed by atoms with Gasteiger partial charge in [-0.25, -0.2) is 4.99 Å². The topological polar surface area (TPSA) is 54.1 Å². The van der Waals surface area contributed by atoms with Crippen LogP contribution < -0.4 is 10.6 Å². The molecule has 3 atom stereocenters. The average Bonchev–Trinajstić information content (AvgIpc) is 3.07. The van der Waals surface area contributed by atoms with Gasteiger partial charge in [0.1, 0.15) is 0 Å². The SMILES string of the molecule is CC1(C)C(N=C(N)N2CCN(c3ccc(Cl)cc3)CC2)C2CCOC21.I. The van der Waals surface area contributed by atoms with Crippen LogP contribution in [0.25, 0.3) is 0 Å².